The molecule has 0 aliphatic heterocycles. The van der Waals surface area contributed by atoms with Crippen LogP contribution in [0, 0.1) is 9.64 Å². The Morgan fingerprint density at radius 3 is 2.47 bits per heavy atom. The van der Waals surface area contributed by atoms with Crippen LogP contribution in [0.5, 0.6) is 0 Å². The smallest absolute Gasteiger partial charge is 0.0133 e. The zero-order valence-electron chi connectivity index (χ0n) is 9.83. The molecule has 0 unspecified atom stereocenters. The summed E-state index contributed by atoms with van der Waals surface area (Å²) in [5, 5.41) is 0. The van der Waals surface area contributed by atoms with Crippen LogP contribution >= 0.6 is 22.6 Å². The van der Waals surface area contributed by atoms with Crippen molar-refractivity contribution in [3.63, 3.8) is 0 Å². The molecule has 0 aromatic heterocycles. The second-order valence-corrected chi connectivity index (χ2v) is 5.47. The molecule has 0 bridgehead atoms. The minimum Gasteiger partial charge on any atom is -0.0622 e. The molecule has 0 amide bonds. The second-order valence-electron chi connectivity index (χ2n) is 4.22. The fraction of sp³-hybridized carbons (Fsp3) is 0.250. The first-order valence-electron chi connectivity index (χ1n) is 6.04. The Balaban J connectivity index is 1.73. The van der Waals surface area contributed by atoms with Crippen molar-refractivity contribution in [1.29, 1.82) is 0 Å². The fourth-order valence-electron chi connectivity index (χ4n) is 1.92. The fourth-order valence-corrected chi connectivity index (χ4v) is 2.47. The van der Waals surface area contributed by atoms with Crippen molar-refractivity contribution < 1.29 is 0 Å². The van der Waals surface area contributed by atoms with Crippen molar-refractivity contribution in [2.24, 2.45) is 0 Å². The van der Waals surface area contributed by atoms with Crippen molar-refractivity contribution in [2.45, 2.75) is 25.7 Å². The van der Waals surface area contributed by atoms with E-state index in [1.807, 2.05) is 6.07 Å². The Morgan fingerprint density at radius 1 is 0.941 bits per heavy atom. The maximum atomic E-state index is 3.30. The zero-order chi connectivity index (χ0) is 11.9. The molecule has 1 heteroatoms. The van der Waals surface area contributed by atoms with Crippen LogP contribution in [0.25, 0.3) is 0 Å². The molecule has 0 saturated heterocycles. The van der Waals surface area contributed by atoms with Gasteiger partial charge in [-0.3, -0.25) is 0 Å². The molecule has 0 nitrogen and oxygen atoms in total. The second kappa shape index (κ2) is 6.80. The van der Waals surface area contributed by atoms with Gasteiger partial charge in [0.05, 0.1) is 0 Å². The van der Waals surface area contributed by atoms with Gasteiger partial charge in [0.15, 0.2) is 0 Å². The van der Waals surface area contributed by atoms with Gasteiger partial charge in [-0.25, -0.2) is 0 Å². The summed E-state index contributed by atoms with van der Waals surface area (Å²) in [6, 6.07) is 20.4. The number of hydrogen-bond acceptors (Lipinski definition) is 0. The summed E-state index contributed by atoms with van der Waals surface area (Å²) in [6.45, 7) is 0. The predicted octanol–water partition coefficient (Wildman–Crippen LogP) is 4.66. The van der Waals surface area contributed by atoms with Crippen LogP contribution in [0.1, 0.15) is 24.0 Å². The van der Waals surface area contributed by atoms with Gasteiger partial charge >= 0.3 is 0 Å². The summed E-state index contributed by atoms with van der Waals surface area (Å²) in [5.74, 6) is 0. The lowest BCUT2D eigenvalue weighted by Gasteiger charge is -2.02. The highest BCUT2D eigenvalue weighted by Crippen LogP contribution is 2.11. The largest absolute Gasteiger partial charge is 0.0622 e. The maximum Gasteiger partial charge on any atom is 0.0133 e. The number of halogens is 1. The summed E-state index contributed by atoms with van der Waals surface area (Å²) in [4.78, 5) is 0. The molecule has 1 radical (unpaired) electrons. The Labute approximate surface area is 117 Å². The Morgan fingerprint density at radius 2 is 1.71 bits per heavy atom. The molecule has 0 atom stereocenters. The van der Waals surface area contributed by atoms with E-state index in [0.29, 0.717) is 0 Å². The van der Waals surface area contributed by atoms with Crippen LogP contribution in [0.2, 0.25) is 0 Å². The van der Waals surface area contributed by atoms with Gasteiger partial charge in [0.25, 0.3) is 0 Å². The standard InChI is InChI=1S/C16H16I/c17-16-12-6-11-15(13-16)10-5-4-9-14-7-2-1-3-8-14/h1-3,6-8,12-13H,4-5,9-10H2. The number of benzene rings is 2. The molecule has 0 fully saturated rings. The van der Waals surface area contributed by atoms with Gasteiger partial charge in [0, 0.05) is 3.57 Å². The van der Waals surface area contributed by atoms with Gasteiger partial charge in [0.1, 0.15) is 0 Å². The Hall–Kier alpha value is -0.830. The molecule has 0 aliphatic rings. The predicted molar refractivity (Wildman–Crippen MR) is 81.1 cm³/mol. The van der Waals surface area contributed by atoms with Crippen LogP contribution in [0.4, 0.5) is 0 Å². The van der Waals surface area contributed by atoms with Crippen LogP contribution in [0.15, 0.2) is 48.5 Å². The average Bonchev–Trinajstić information content (AvgIpc) is 2.36. The van der Waals surface area contributed by atoms with Gasteiger partial charge < -0.3 is 0 Å². The molecule has 87 valence electrons. The van der Waals surface area contributed by atoms with Gasteiger partial charge in [0.2, 0.25) is 0 Å². The molecular formula is C16H16I. The molecule has 2 rings (SSSR count). The highest BCUT2D eigenvalue weighted by atomic mass is 127. The summed E-state index contributed by atoms with van der Waals surface area (Å²) in [7, 11) is 0. The highest BCUT2D eigenvalue weighted by Gasteiger charge is 1.96. The van der Waals surface area contributed by atoms with E-state index < -0.39 is 0 Å². The number of unbranched alkanes of at least 4 members (excludes halogenated alkanes) is 1. The van der Waals surface area contributed by atoms with Gasteiger partial charge in [-0.2, -0.15) is 0 Å². The van der Waals surface area contributed by atoms with E-state index >= 15 is 0 Å². The van der Waals surface area contributed by atoms with E-state index in [-0.39, 0.29) is 0 Å². The van der Waals surface area contributed by atoms with Crippen molar-refractivity contribution in [1.82, 2.24) is 0 Å². The Kier molecular flexibility index (Phi) is 5.05. The van der Waals surface area contributed by atoms with Crippen LogP contribution < -0.4 is 0 Å². The lowest BCUT2D eigenvalue weighted by Crippen LogP contribution is -1.89. The third-order valence-electron chi connectivity index (χ3n) is 2.83. The number of rotatable bonds is 5. The topological polar surface area (TPSA) is 0 Å². The number of aryl methyl sites for hydroxylation is 2. The van der Waals surface area contributed by atoms with Crippen molar-refractivity contribution in [3.05, 3.63) is 69.3 Å². The quantitative estimate of drug-likeness (QED) is 0.551. The lowest BCUT2D eigenvalue weighted by molar-refractivity contribution is 0.733. The van der Waals surface area contributed by atoms with Crippen molar-refractivity contribution in [2.75, 3.05) is 0 Å². The van der Waals surface area contributed by atoms with Crippen LogP contribution in [-0.2, 0) is 12.8 Å². The molecule has 0 heterocycles. The van der Waals surface area contributed by atoms with Gasteiger partial charge in [-0.05, 0) is 77.6 Å². The van der Waals surface area contributed by atoms with E-state index in [1.165, 1.54) is 34.0 Å². The summed E-state index contributed by atoms with van der Waals surface area (Å²) < 4.78 is 1.31. The molecular weight excluding hydrogens is 319 g/mol. The molecule has 2 aromatic rings. The summed E-state index contributed by atoms with van der Waals surface area (Å²) >= 11 is 2.36. The lowest BCUT2D eigenvalue weighted by atomic mass is 10.0. The first-order valence-corrected chi connectivity index (χ1v) is 7.12. The highest BCUT2D eigenvalue weighted by molar-refractivity contribution is 14.1. The van der Waals surface area contributed by atoms with E-state index in [9.17, 15) is 0 Å². The summed E-state index contributed by atoms with van der Waals surface area (Å²) in [6.07, 6.45) is 4.82. The third-order valence-corrected chi connectivity index (χ3v) is 3.50. The molecule has 2 aromatic carbocycles. The zero-order valence-corrected chi connectivity index (χ0v) is 12.0. The first-order chi connectivity index (χ1) is 8.34. The van der Waals surface area contributed by atoms with E-state index in [1.54, 1.807) is 0 Å². The molecule has 0 aliphatic carbocycles. The molecule has 0 spiro atoms. The molecule has 0 N–H and O–H groups in total. The SMILES string of the molecule is Ic1cc[c]c(CCCCc2ccccc2)c1. The van der Waals surface area contributed by atoms with Crippen molar-refractivity contribution >= 4 is 22.6 Å². The van der Waals surface area contributed by atoms with Crippen LogP contribution in [-0.4, -0.2) is 0 Å². The minimum atomic E-state index is 1.14. The van der Waals surface area contributed by atoms with E-state index in [2.05, 4.69) is 71.1 Å². The van der Waals surface area contributed by atoms with Gasteiger partial charge in [-0.15, -0.1) is 0 Å². The van der Waals surface area contributed by atoms with Crippen LogP contribution in [0.3, 0.4) is 0 Å². The monoisotopic (exact) mass is 335 g/mol. The minimum absolute atomic E-state index is 1.14. The van der Waals surface area contributed by atoms with Crippen molar-refractivity contribution in [3.8, 4) is 0 Å². The van der Waals surface area contributed by atoms with Gasteiger partial charge in [-0.1, -0.05) is 36.4 Å². The maximum absolute atomic E-state index is 3.30. The molecule has 0 saturated carbocycles. The molecule has 17 heavy (non-hydrogen) atoms. The first kappa shape index (κ1) is 12.6. The third kappa shape index (κ3) is 4.50. The summed E-state index contributed by atoms with van der Waals surface area (Å²) in [5.41, 5.74) is 2.78. The average molecular weight is 335 g/mol. The normalized spacial score (nSPS) is 10.4. The van der Waals surface area contributed by atoms with E-state index in [0.717, 1.165) is 6.42 Å². The number of hydrogen-bond donors (Lipinski definition) is 0. The Bertz CT molecular complexity index is 448. The van der Waals surface area contributed by atoms with E-state index in [4.69, 9.17) is 0 Å².